The van der Waals surface area contributed by atoms with Crippen molar-refractivity contribution in [1.29, 1.82) is 0 Å². The van der Waals surface area contributed by atoms with Crippen molar-refractivity contribution in [2.24, 2.45) is 5.73 Å². The van der Waals surface area contributed by atoms with Gasteiger partial charge >= 0.3 is 0 Å². The summed E-state index contributed by atoms with van der Waals surface area (Å²) in [6.07, 6.45) is 7.96. The fourth-order valence-corrected chi connectivity index (χ4v) is 4.85. The van der Waals surface area contributed by atoms with Gasteiger partial charge in [0, 0.05) is 32.1 Å². The lowest BCUT2D eigenvalue weighted by Gasteiger charge is -2.38. The number of aromatic nitrogens is 2. The van der Waals surface area contributed by atoms with Crippen LogP contribution in [0.3, 0.4) is 0 Å². The predicted octanol–water partition coefficient (Wildman–Crippen LogP) is 2.47. The van der Waals surface area contributed by atoms with Gasteiger partial charge in [-0.1, -0.05) is 30.3 Å². The van der Waals surface area contributed by atoms with Gasteiger partial charge in [0.1, 0.15) is 12.0 Å². The van der Waals surface area contributed by atoms with Crippen LogP contribution in [0.5, 0.6) is 0 Å². The number of fused-ring (bicyclic) bond motifs is 1. The highest BCUT2D eigenvalue weighted by Crippen LogP contribution is 2.47. The zero-order valence-electron chi connectivity index (χ0n) is 16.3. The zero-order chi connectivity index (χ0) is 19.8. The number of carbonyl (C=O) groups excluding carboxylic acids is 1. The number of carbonyl (C=O) groups is 1. The molecular formula is C22H25N5O2. The van der Waals surface area contributed by atoms with Gasteiger partial charge in [-0.3, -0.25) is 4.79 Å². The average Bonchev–Trinajstić information content (AvgIpc) is 3.28. The van der Waals surface area contributed by atoms with E-state index in [0.717, 1.165) is 31.7 Å². The monoisotopic (exact) mass is 391 g/mol. The quantitative estimate of drug-likeness (QED) is 0.865. The first-order valence-electron chi connectivity index (χ1n) is 10.2. The second kappa shape index (κ2) is 7.15. The van der Waals surface area contributed by atoms with Gasteiger partial charge in [-0.2, -0.15) is 0 Å². The van der Waals surface area contributed by atoms with Crippen molar-refractivity contribution < 1.29 is 9.53 Å². The molecule has 3 aliphatic rings. The molecule has 0 radical (unpaired) electrons. The minimum absolute atomic E-state index is 0.0976. The molecule has 3 saturated heterocycles. The Balaban J connectivity index is 1.31. The van der Waals surface area contributed by atoms with Gasteiger partial charge in [-0.25, -0.2) is 9.97 Å². The summed E-state index contributed by atoms with van der Waals surface area (Å²) in [5.41, 5.74) is 5.95. The third-order valence-corrected chi connectivity index (χ3v) is 6.30. The summed E-state index contributed by atoms with van der Waals surface area (Å²) in [6.45, 7) is 1.45. The van der Waals surface area contributed by atoms with Crippen LogP contribution in [0.4, 0.5) is 5.82 Å². The molecular weight excluding hydrogens is 366 g/mol. The molecule has 4 heterocycles. The molecule has 2 aromatic rings. The average molecular weight is 391 g/mol. The van der Waals surface area contributed by atoms with Crippen molar-refractivity contribution in [3.63, 3.8) is 0 Å². The summed E-state index contributed by atoms with van der Waals surface area (Å²) in [7, 11) is 0. The Morgan fingerprint density at radius 1 is 1.14 bits per heavy atom. The summed E-state index contributed by atoms with van der Waals surface area (Å²) in [4.78, 5) is 26.4. The minimum Gasteiger partial charge on any atom is -0.404 e. The first-order valence-corrected chi connectivity index (χ1v) is 10.2. The fourth-order valence-electron chi connectivity index (χ4n) is 4.85. The lowest BCUT2D eigenvalue weighted by molar-refractivity contribution is -0.140. The number of rotatable bonds is 3. The lowest BCUT2D eigenvalue weighted by Crippen LogP contribution is -2.50. The van der Waals surface area contributed by atoms with Gasteiger partial charge in [0.25, 0.3) is 5.91 Å². The number of nitrogens with zero attached hydrogens (tertiary/aromatic N) is 4. The van der Waals surface area contributed by atoms with E-state index in [0.29, 0.717) is 18.7 Å². The highest BCUT2D eigenvalue weighted by atomic mass is 16.6. The summed E-state index contributed by atoms with van der Waals surface area (Å²) in [5.74, 6) is 1.60. The van der Waals surface area contributed by atoms with Crippen molar-refractivity contribution in [1.82, 2.24) is 14.9 Å². The molecule has 7 nitrogen and oxygen atoms in total. The third-order valence-electron chi connectivity index (χ3n) is 6.30. The van der Waals surface area contributed by atoms with Crippen LogP contribution in [-0.2, 0) is 9.53 Å². The SMILES string of the molecule is N/C=C\c1nccc(N2CCC3(CC2)OC2CCC(c4ccccc4)N2C3=O)n1. The van der Waals surface area contributed by atoms with Crippen LogP contribution < -0.4 is 10.6 Å². The van der Waals surface area contributed by atoms with Crippen LogP contribution in [0, 0.1) is 0 Å². The molecule has 1 aromatic carbocycles. The molecule has 29 heavy (non-hydrogen) atoms. The first-order chi connectivity index (χ1) is 14.2. The molecule has 1 amide bonds. The van der Waals surface area contributed by atoms with Crippen molar-refractivity contribution in [2.75, 3.05) is 18.0 Å². The highest BCUT2D eigenvalue weighted by Gasteiger charge is 2.57. The third kappa shape index (κ3) is 3.06. The molecule has 0 bridgehead atoms. The van der Waals surface area contributed by atoms with E-state index in [9.17, 15) is 4.79 Å². The molecule has 2 atom stereocenters. The molecule has 3 fully saturated rings. The number of benzene rings is 1. The number of piperidine rings is 1. The standard InChI is InChI=1S/C22H25N5O2/c23-12-8-18-24-13-9-19(25-18)26-14-10-22(11-15-26)21(28)27-17(6-7-20(27)29-22)16-4-2-1-3-5-16/h1-5,8-9,12-13,17,20H,6-7,10-11,14-15,23H2/b12-8-. The van der Waals surface area contributed by atoms with E-state index in [4.69, 9.17) is 10.5 Å². The van der Waals surface area contributed by atoms with Crippen LogP contribution >= 0.6 is 0 Å². The van der Waals surface area contributed by atoms with Crippen molar-refractivity contribution >= 4 is 17.8 Å². The topological polar surface area (TPSA) is 84.6 Å². The molecule has 0 saturated carbocycles. The molecule has 1 aromatic heterocycles. The summed E-state index contributed by atoms with van der Waals surface area (Å²) >= 11 is 0. The largest absolute Gasteiger partial charge is 0.404 e. The molecule has 5 rings (SSSR count). The molecule has 0 aliphatic carbocycles. The van der Waals surface area contributed by atoms with Gasteiger partial charge in [0.05, 0.1) is 6.04 Å². The van der Waals surface area contributed by atoms with E-state index in [1.807, 2.05) is 29.2 Å². The van der Waals surface area contributed by atoms with E-state index in [2.05, 4.69) is 27.0 Å². The number of anilines is 1. The molecule has 1 spiro atoms. The smallest absolute Gasteiger partial charge is 0.257 e. The van der Waals surface area contributed by atoms with E-state index in [-0.39, 0.29) is 18.2 Å². The lowest BCUT2D eigenvalue weighted by atomic mass is 9.89. The molecule has 2 unspecified atom stereocenters. The van der Waals surface area contributed by atoms with Crippen molar-refractivity contribution in [3.8, 4) is 0 Å². The number of hydrogen-bond donors (Lipinski definition) is 1. The Morgan fingerprint density at radius 2 is 1.93 bits per heavy atom. The molecule has 3 aliphatic heterocycles. The van der Waals surface area contributed by atoms with Crippen LogP contribution in [0.2, 0.25) is 0 Å². The van der Waals surface area contributed by atoms with Crippen molar-refractivity contribution in [3.05, 3.63) is 60.2 Å². The van der Waals surface area contributed by atoms with E-state index < -0.39 is 5.60 Å². The van der Waals surface area contributed by atoms with Gasteiger partial charge in [-0.15, -0.1) is 0 Å². The Hall–Kier alpha value is -2.93. The second-order valence-corrected chi connectivity index (χ2v) is 7.90. The van der Waals surface area contributed by atoms with E-state index >= 15 is 0 Å². The van der Waals surface area contributed by atoms with Gasteiger partial charge in [0.2, 0.25) is 0 Å². The van der Waals surface area contributed by atoms with Crippen LogP contribution in [0.15, 0.2) is 48.8 Å². The Morgan fingerprint density at radius 3 is 2.69 bits per heavy atom. The van der Waals surface area contributed by atoms with Gasteiger partial charge < -0.3 is 20.3 Å². The molecule has 2 N–H and O–H groups in total. The number of hydrogen-bond acceptors (Lipinski definition) is 6. The summed E-state index contributed by atoms with van der Waals surface area (Å²) in [6, 6.07) is 12.3. The second-order valence-electron chi connectivity index (χ2n) is 7.90. The van der Waals surface area contributed by atoms with Crippen LogP contribution in [0.1, 0.15) is 43.1 Å². The van der Waals surface area contributed by atoms with Gasteiger partial charge in [-0.05, 0) is 36.7 Å². The Labute approximate surface area is 170 Å². The summed E-state index contributed by atoms with van der Waals surface area (Å²) in [5, 5.41) is 0. The highest BCUT2D eigenvalue weighted by molar-refractivity contribution is 5.88. The minimum atomic E-state index is -0.693. The van der Waals surface area contributed by atoms with E-state index in [1.54, 1.807) is 12.3 Å². The zero-order valence-corrected chi connectivity index (χ0v) is 16.3. The van der Waals surface area contributed by atoms with Crippen LogP contribution in [-0.4, -0.2) is 45.7 Å². The fraction of sp³-hybridized carbons (Fsp3) is 0.409. The Bertz CT molecular complexity index is 924. The Kier molecular flexibility index (Phi) is 4.47. The maximum absolute atomic E-state index is 13.5. The maximum Gasteiger partial charge on any atom is 0.257 e. The molecule has 150 valence electrons. The van der Waals surface area contributed by atoms with Gasteiger partial charge in [0.15, 0.2) is 11.4 Å². The summed E-state index contributed by atoms with van der Waals surface area (Å²) < 4.78 is 6.41. The van der Waals surface area contributed by atoms with Crippen LogP contribution in [0.25, 0.3) is 6.08 Å². The van der Waals surface area contributed by atoms with E-state index in [1.165, 1.54) is 11.8 Å². The number of ether oxygens (including phenoxy) is 1. The molecule has 7 heteroatoms. The number of nitrogens with two attached hydrogens (primary N) is 1. The van der Waals surface area contributed by atoms with Crippen molar-refractivity contribution in [2.45, 2.75) is 43.6 Å². The normalized spacial score (nSPS) is 25.9. The first kappa shape index (κ1) is 18.1. The predicted molar refractivity (Wildman–Crippen MR) is 110 cm³/mol. The number of amides is 1. The maximum atomic E-state index is 13.5.